The van der Waals surface area contributed by atoms with Gasteiger partial charge in [-0.3, -0.25) is 9.63 Å². The molecule has 0 saturated carbocycles. The van der Waals surface area contributed by atoms with E-state index in [9.17, 15) is 4.79 Å². The number of hydrogen-bond donors (Lipinski definition) is 1. The average molecular weight is 189 g/mol. The molecule has 4 heteroatoms. The van der Waals surface area contributed by atoms with Crippen LogP contribution in [0.2, 0.25) is 0 Å². The van der Waals surface area contributed by atoms with Crippen LogP contribution >= 0.6 is 0 Å². The zero-order valence-electron chi connectivity index (χ0n) is 8.63. The SMILES string of the molecule is CCC(C)CC(=O)NOCCOC. The molecule has 1 atom stereocenters. The molecular formula is C9H19NO3. The second-order valence-corrected chi connectivity index (χ2v) is 3.08. The molecule has 0 rings (SSSR count). The first-order chi connectivity index (χ1) is 6.20. The quantitative estimate of drug-likeness (QED) is 0.482. The monoisotopic (exact) mass is 189 g/mol. The number of methoxy groups -OCH3 is 1. The maximum atomic E-state index is 11.1. The minimum atomic E-state index is -0.0644. The summed E-state index contributed by atoms with van der Waals surface area (Å²) in [4.78, 5) is 16.0. The van der Waals surface area contributed by atoms with E-state index in [2.05, 4.69) is 12.4 Å². The Morgan fingerprint density at radius 1 is 1.46 bits per heavy atom. The first kappa shape index (κ1) is 12.4. The molecule has 0 aliphatic heterocycles. The molecular weight excluding hydrogens is 170 g/mol. The first-order valence-electron chi connectivity index (χ1n) is 4.60. The lowest BCUT2D eigenvalue weighted by Gasteiger charge is -2.08. The summed E-state index contributed by atoms with van der Waals surface area (Å²) in [6.07, 6.45) is 1.52. The highest BCUT2D eigenvalue weighted by Crippen LogP contribution is 2.05. The molecule has 0 aromatic heterocycles. The van der Waals surface area contributed by atoms with Gasteiger partial charge in [-0.05, 0) is 5.92 Å². The molecule has 1 N–H and O–H groups in total. The van der Waals surface area contributed by atoms with E-state index in [0.29, 0.717) is 25.6 Å². The van der Waals surface area contributed by atoms with Gasteiger partial charge in [-0.15, -0.1) is 0 Å². The number of carbonyl (C=O) groups excluding carboxylic acids is 1. The normalized spacial score (nSPS) is 12.5. The molecule has 0 aliphatic rings. The van der Waals surface area contributed by atoms with E-state index in [0.717, 1.165) is 6.42 Å². The van der Waals surface area contributed by atoms with E-state index < -0.39 is 0 Å². The second kappa shape index (κ2) is 8.01. The Labute approximate surface area is 79.6 Å². The van der Waals surface area contributed by atoms with Crippen LogP contribution in [0.5, 0.6) is 0 Å². The Kier molecular flexibility index (Phi) is 7.63. The zero-order chi connectivity index (χ0) is 10.1. The first-order valence-corrected chi connectivity index (χ1v) is 4.60. The van der Waals surface area contributed by atoms with Crippen LogP contribution in [0, 0.1) is 5.92 Å². The van der Waals surface area contributed by atoms with Crippen molar-refractivity contribution in [3.05, 3.63) is 0 Å². The Balaban J connectivity index is 3.30. The minimum Gasteiger partial charge on any atom is -0.382 e. The summed E-state index contributed by atoms with van der Waals surface area (Å²) in [6, 6.07) is 0. The van der Waals surface area contributed by atoms with Gasteiger partial charge in [-0.2, -0.15) is 0 Å². The Hall–Kier alpha value is -0.610. The Morgan fingerprint density at radius 2 is 2.15 bits per heavy atom. The molecule has 0 fully saturated rings. The third kappa shape index (κ3) is 7.74. The molecule has 0 spiro atoms. The fraction of sp³-hybridized carbons (Fsp3) is 0.889. The van der Waals surface area contributed by atoms with Crippen LogP contribution in [0.1, 0.15) is 26.7 Å². The molecule has 0 saturated heterocycles. The fourth-order valence-corrected chi connectivity index (χ4v) is 0.759. The lowest BCUT2D eigenvalue weighted by molar-refractivity contribution is -0.135. The van der Waals surface area contributed by atoms with Gasteiger partial charge in [0.1, 0.15) is 0 Å². The van der Waals surface area contributed by atoms with Crippen molar-refractivity contribution in [1.82, 2.24) is 5.48 Å². The molecule has 0 aromatic carbocycles. The van der Waals surface area contributed by atoms with E-state index in [4.69, 9.17) is 9.57 Å². The Bertz CT molecular complexity index is 139. The van der Waals surface area contributed by atoms with Crippen LogP contribution < -0.4 is 5.48 Å². The maximum absolute atomic E-state index is 11.1. The average Bonchev–Trinajstić information content (AvgIpc) is 2.12. The largest absolute Gasteiger partial charge is 0.382 e. The van der Waals surface area contributed by atoms with E-state index in [1.807, 2.05) is 6.92 Å². The molecule has 78 valence electrons. The predicted molar refractivity (Wildman–Crippen MR) is 50.0 cm³/mol. The minimum absolute atomic E-state index is 0.0644. The van der Waals surface area contributed by atoms with Gasteiger partial charge in [0.25, 0.3) is 0 Å². The lowest BCUT2D eigenvalue weighted by Crippen LogP contribution is -2.26. The molecule has 4 nitrogen and oxygen atoms in total. The molecule has 0 radical (unpaired) electrons. The van der Waals surface area contributed by atoms with Crippen molar-refractivity contribution in [2.75, 3.05) is 20.3 Å². The second-order valence-electron chi connectivity index (χ2n) is 3.08. The van der Waals surface area contributed by atoms with E-state index in [1.54, 1.807) is 7.11 Å². The van der Waals surface area contributed by atoms with Crippen molar-refractivity contribution in [1.29, 1.82) is 0 Å². The highest BCUT2D eigenvalue weighted by atomic mass is 16.7. The molecule has 1 amide bonds. The van der Waals surface area contributed by atoms with Gasteiger partial charge in [-0.1, -0.05) is 20.3 Å². The topological polar surface area (TPSA) is 47.6 Å². The summed E-state index contributed by atoms with van der Waals surface area (Å²) >= 11 is 0. The number of nitrogens with one attached hydrogen (secondary N) is 1. The third-order valence-electron chi connectivity index (χ3n) is 1.81. The van der Waals surface area contributed by atoms with Crippen LogP contribution in [-0.4, -0.2) is 26.2 Å². The fourth-order valence-electron chi connectivity index (χ4n) is 0.759. The smallest absolute Gasteiger partial charge is 0.243 e. The zero-order valence-corrected chi connectivity index (χ0v) is 8.63. The van der Waals surface area contributed by atoms with Gasteiger partial charge in [0, 0.05) is 13.5 Å². The van der Waals surface area contributed by atoms with Crippen LogP contribution in [0.15, 0.2) is 0 Å². The van der Waals surface area contributed by atoms with Crippen molar-refractivity contribution in [2.24, 2.45) is 5.92 Å². The standard InChI is InChI=1S/C9H19NO3/c1-4-8(2)7-9(11)10-13-6-5-12-3/h8H,4-7H2,1-3H3,(H,10,11). The van der Waals surface area contributed by atoms with Crippen molar-refractivity contribution in [3.63, 3.8) is 0 Å². The van der Waals surface area contributed by atoms with Crippen molar-refractivity contribution < 1.29 is 14.4 Å². The van der Waals surface area contributed by atoms with Gasteiger partial charge >= 0.3 is 0 Å². The third-order valence-corrected chi connectivity index (χ3v) is 1.81. The van der Waals surface area contributed by atoms with Gasteiger partial charge < -0.3 is 4.74 Å². The van der Waals surface area contributed by atoms with Gasteiger partial charge in [-0.25, -0.2) is 5.48 Å². The van der Waals surface area contributed by atoms with E-state index in [1.165, 1.54) is 0 Å². The van der Waals surface area contributed by atoms with Crippen molar-refractivity contribution in [3.8, 4) is 0 Å². The van der Waals surface area contributed by atoms with Crippen LogP contribution in [0.25, 0.3) is 0 Å². The molecule has 0 bridgehead atoms. The van der Waals surface area contributed by atoms with Gasteiger partial charge in [0.15, 0.2) is 0 Å². The van der Waals surface area contributed by atoms with Crippen molar-refractivity contribution >= 4 is 5.91 Å². The summed E-state index contributed by atoms with van der Waals surface area (Å²) in [5, 5.41) is 0. The van der Waals surface area contributed by atoms with Crippen LogP contribution in [0.4, 0.5) is 0 Å². The molecule has 1 unspecified atom stereocenters. The van der Waals surface area contributed by atoms with Crippen molar-refractivity contribution in [2.45, 2.75) is 26.7 Å². The highest BCUT2D eigenvalue weighted by Gasteiger charge is 2.06. The number of amides is 1. The maximum Gasteiger partial charge on any atom is 0.243 e. The van der Waals surface area contributed by atoms with Gasteiger partial charge in [0.05, 0.1) is 13.2 Å². The number of ether oxygens (including phenoxy) is 1. The summed E-state index contributed by atoms with van der Waals surface area (Å²) in [5.74, 6) is 0.344. The molecule has 0 heterocycles. The summed E-state index contributed by atoms with van der Waals surface area (Å²) in [5.41, 5.74) is 2.36. The summed E-state index contributed by atoms with van der Waals surface area (Å²) in [7, 11) is 1.59. The lowest BCUT2D eigenvalue weighted by atomic mass is 10.1. The van der Waals surface area contributed by atoms with Crippen LogP contribution in [-0.2, 0) is 14.4 Å². The highest BCUT2D eigenvalue weighted by molar-refractivity contribution is 5.74. The Morgan fingerprint density at radius 3 is 2.69 bits per heavy atom. The van der Waals surface area contributed by atoms with E-state index >= 15 is 0 Å². The molecule has 0 aliphatic carbocycles. The summed E-state index contributed by atoms with van der Waals surface area (Å²) < 4.78 is 4.75. The number of rotatable bonds is 7. The number of hydroxylamine groups is 1. The number of carbonyl (C=O) groups is 1. The summed E-state index contributed by atoms with van der Waals surface area (Å²) in [6.45, 7) is 4.98. The molecule has 13 heavy (non-hydrogen) atoms. The van der Waals surface area contributed by atoms with Crippen LogP contribution in [0.3, 0.4) is 0 Å². The predicted octanol–water partition coefficient (Wildman–Crippen LogP) is 1.12. The van der Waals surface area contributed by atoms with Gasteiger partial charge in [0.2, 0.25) is 5.91 Å². The number of hydrogen-bond acceptors (Lipinski definition) is 3. The molecule has 0 aromatic rings. The van der Waals surface area contributed by atoms with E-state index in [-0.39, 0.29) is 5.91 Å².